The number of rotatable bonds is 6. The molecule has 1 aromatic carbocycles. The molecule has 1 aromatic heterocycles. The Morgan fingerprint density at radius 1 is 1.18 bits per heavy atom. The van der Waals surface area contributed by atoms with Gasteiger partial charge in [-0.2, -0.15) is 0 Å². The molecule has 0 aliphatic carbocycles. The molecule has 0 unspecified atom stereocenters. The van der Waals surface area contributed by atoms with E-state index in [9.17, 15) is 4.79 Å². The number of unbranched alkanes of at least 4 members (excludes halogenated alkanes) is 1. The SMILES string of the molecule is CCCCC(=O)Nc1ccc(Nc2cc(C)ccc2C)nc1. The van der Waals surface area contributed by atoms with Crippen molar-refractivity contribution in [2.75, 3.05) is 10.6 Å². The van der Waals surface area contributed by atoms with Crippen molar-refractivity contribution >= 4 is 23.1 Å². The molecule has 0 fully saturated rings. The maximum Gasteiger partial charge on any atom is 0.224 e. The molecule has 1 heterocycles. The van der Waals surface area contributed by atoms with Crippen LogP contribution >= 0.6 is 0 Å². The van der Waals surface area contributed by atoms with Gasteiger partial charge in [0, 0.05) is 12.1 Å². The van der Waals surface area contributed by atoms with Gasteiger partial charge in [-0.3, -0.25) is 4.79 Å². The molecule has 116 valence electrons. The number of hydrogen-bond donors (Lipinski definition) is 2. The fourth-order valence-electron chi connectivity index (χ4n) is 2.11. The molecule has 2 aromatic rings. The van der Waals surface area contributed by atoms with Crippen LogP contribution in [0.25, 0.3) is 0 Å². The van der Waals surface area contributed by atoms with Crippen molar-refractivity contribution in [3.8, 4) is 0 Å². The van der Waals surface area contributed by atoms with Gasteiger partial charge in [0.2, 0.25) is 5.91 Å². The van der Waals surface area contributed by atoms with E-state index in [0.29, 0.717) is 6.42 Å². The van der Waals surface area contributed by atoms with Crippen molar-refractivity contribution in [3.63, 3.8) is 0 Å². The summed E-state index contributed by atoms with van der Waals surface area (Å²) in [6.07, 6.45) is 4.16. The van der Waals surface area contributed by atoms with Gasteiger partial charge in [0.05, 0.1) is 11.9 Å². The lowest BCUT2D eigenvalue weighted by molar-refractivity contribution is -0.116. The average molecular weight is 297 g/mol. The van der Waals surface area contributed by atoms with Crippen molar-refractivity contribution in [1.29, 1.82) is 0 Å². The maximum absolute atomic E-state index is 11.7. The second kappa shape index (κ2) is 7.59. The van der Waals surface area contributed by atoms with E-state index in [1.165, 1.54) is 11.1 Å². The molecule has 22 heavy (non-hydrogen) atoms. The van der Waals surface area contributed by atoms with Crippen LogP contribution in [0.3, 0.4) is 0 Å². The number of anilines is 3. The van der Waals surface area contributed by atoms with Crippen molar-refractivity contribution in [1.82, 2.24) is 4.98 Å². The van der Waals surface area contributed by atoms with E-state index in [1.54, 1.807) is 6.20 Å². The molecule has 2 N–H and O–H groups in total. The van der Waals surface area contributed by atoms with E-state index >= 15 is 0 Å². The lowest BCUT2D eigenvalue weighted by Crippen LogP contribution is -2.11. The van der Waals surface area contributed by atoms with Crippen LogP contribution in [0.15, 0.2) is 36.5 Å². The molecule has 0 radical (unpaired) electrons. The van der Waals surface area contributed by atoms with Crippen molar-refractivity contribution in [2.45, 2.75) is 40.0 Å². The Morgan fingerprint density at radius 2 is 2.00 bits per heavy atom. The van der Waals surface area contributed by atoms with Gasteiger partial charge in [0.1, 0.15) is 5.82 Å². The highest BCUT2D eigenvalue weighted by molar-refractivity contribution is 5.90. The number of benzene rings is 1. The summed E-state index contributed by atoms with van der Waals surface area (Å²) < 4.78 is 0. The monoisotopic (exact) mass is 297 g/mol. The average Bonchev–Trinajstić information content (AvgIpc) is 2.51. The largest absolute Gasteiger partial charge is 0.340 e. The number of carbonyl (C=O) groups excluding carboxylic acids is 1. The van der Waals surface area contributed by atoms with Gasteiger partial charge >= 0.3 is 0 Å². The summed E-state index contributed by atoms with van der Waals surface area (Å²) in [5, 5.41) is 6.16. The Hall–Kier alpha value is -2.36. The summed E-state index contributed by atoms with van der Waals surface area (Å²) in [5.41, 5.74) is 4.15. The smallest absolute Gasteiger partial charge is 0.224 e. The molecule has 4 heteroatoms. The van der Waals surface area contributed by atoms with Gasteiger partial charge in [-0.15, -0.1) is 0 Å². The number of carbonyl (C=O) groups is 1. The number of pyridine rings is 1. The summed E-state index contributed by atoms with van der Waals surface area (Å²) >= 11 is 0. The van der Waals surface area contributed by atoms with Crippen molar-refractivity contribution in [2.24, 2.45) is 0 Å². The van der Waals surface area contributed by atoms with Gasteiger partial charge in [0.15, 0.2) is 0 Å². The van der Waals surface area contributed by atoms with Crippen LogP contribution in [0.2, 0.25) is 0 Å². The fraction of sp³-hybridized carbons (Fsp3) is 0.333. The standard InChI is InChI=1S/C18H23N3O/c1-4-5-6-18(22)20-15-9-10-17(19-12-15)21-16-11-13(2)7-8-14(16)3/h7-12H,4-6H2,1-3H3,(H,19,21)(H,20,22). The van der Waals surface area contributed by atoms with Crippen molar-refractivity contribution in [3.05, 3.63) is 47.7 Å². The highest BCUT2D eigenvalue weighted by Crippen LogP contribution is 2.21. The third kappa shape index (κ3) is 4.58. The van der Waals surface area contributed by atoms with E-state index in [-0.39, 0.29) is 5.91 Å². The molecule has 1 amide bonds. The first-order valence-corrected chi connectivity index (χ1v) is 7.68. The van der Waals surface area contributed by atoms with Crippen LogP contribution in [0.4, 0.5) is 17.2 Å². The quantitative estimate of drug-likeness (QED) is 0.821. The summed E-state index contributed by atoms with van der Waals surface area (Å²) in [4.78, 5) is 16.0. The first kappa shape index (κ1) is 16.0. The summed E-state index contributed by atoms with van der Waals surface area (Å²) in [5.74, 6) is 0.805. The Morgan fingerprint density at radius 3 is 2.68 bits per heavy atom. The molecule has 0 bridgehead atoms. The molecule has 0 spiro atoms. The minimum atomic E-state index is 0.0406. The first-order valence-electron chi connectivity index (χ1n) is 7.68. The van der Waals surface area contributed by atoms with Crippen LogP contribution in [0.5, 0.6) is 0 Å². The molecule has 4 nitrogen and oxygen atoms in total. The third-order valence-electron chi connectivity index (χ3n) is 3.46. The normalized spacial score (nSPS) is 10.3. The zero-order chi connectivity index (χ0) is 15.9. The van der Waals surface area contributed by atoms with Crippen LogP contribution in [0, 0.1) is 13.8 Å². The molecule has 0 saturated carbocycles. The second-order valence-electron chi connectivity index (χ2n) is 5.53. The third-order valence-corrected chi connectivity index (χ3v) is 3.46. The number of nitrogens with one attached hydrogen (secondary N) is 2. The van der Waals surface area contributed by atoms with E-state index in [4.69, 9.17) is 0 Å². The molecule has 0 saturated heterocycles. The van der Waals surface area contributed by atoms with E-state index < -0.39 is 0 Å². The fourth-order valence-corrected chi connectivity index (χ4v) is 2.11. The summed E-state index contributed by atoms with van der Waals surface area (Å²) in [6, 6.07) is 10.0. The van der Waals surface area contributed by atoms with Crippen LogP contribution in [0.1, 0.15) is 37.3 Å². The van der Waals surface area contributed by atoms with Crippen LogP contribution in [-0.2, 0) is 4.79 Å². The molecular formula is C18H23N3O. The number of aryl methyl sites for hydroxylation is 2. The zero-order valence-electron chi connectivity index (χ0n) is 13.4. The lowest BCUT2D eigenvalue weighted by atomic mass is 10.1. The molecule has 0 aliphatic heterocycles. The summed E-state index contributed by atoms with van der Waals surface area (Å²) in [7, 11) is 0. The Bertz CT molecular complexity index is 635. The predicted octanol–water partition coefficient (Wildman–Crippen LogP) is 4.57. The lowest BCUT2D eigenvalue weighted by Gasteiger charge is -2.10. The second-order valence-corrected chi connectivity index (χ2v) is 5.53. The minimum absolute atomic E-state index is 0.0406. The number of nitrogens with zero attached hydrogens (tertiary/aromatic N) is 1. The van der Waals surface area contributed by atoms with Gasteiger partial charge in [-0.25, -0.2) is 4.98 Å². The van der Waals surface area contributed by atoms with Gasteiger partial charge in [-0.1, -0.05) is 25.5 Å². The predicted molar refractivity (Wildman–Crippen MR) is 91.6 cm³/mol. The summed E-state index contributed by atoms with van der Waals surface area (Å²) in [6.45, 7) is 6.19. The number of amides is 1. The van der Waals surface area contributed by atoms with E-state index in [0.717, 1.165) is 30.0 Å². The maximum atomic E-state index is 11.7. The topological polar surface area (TPSA) is 54.0 Å². The van der Waals surface area contributed by atoms with E-state index in [2.05, 4.69) is 54.6 Å². The Kier molecular flexibility index (Phi) is 5.53. The van der Waals surface area contributed by atoms with Crippen molar-refractivity contribution < 1.29 is 4.79 Å². The highest BCUT2D eigenvalue weighted by Gasteiger charge is 2.04. The van der Waals surface area contributed by atoms with Gasteiger partial charge < -0.3 is 10.6 Å². The minimum Gasteiger partial charge on any atom is -0.340 e. The van der Waals surface area contributed by atoms with Crippen LogP contribution < -0.4 is 10.6 Å². The number of aromatic nitrogens is 1. The zero-order valence-corrected chi connectivity index (χ0v) is 13.4. The Balaban J connectivity index is 2.00. The van der Waals surface area contributed by atoms with Gasteiger partial charge in [-0.05, 0) is 49.6 Å². The van der Waals surface area contributed by atoms with Gasteiger partial charge in [0.25, 0.3) is 0 Å². The molecular weight excluding hydrogens is 274 g/mol. The molecule has 2 rings (SSSR count). The first-order chi connectivity index (χ1) is 10.6. The number of hydrogen-bond acceptors (Lipinski definition) is 3. The molecule has 0 aliphatic rings. The highest BCUT2D eigenvalue weighted by atomic mass is 16.1. The molecule has 0 atom stereocenters. The van der Waals surface area contributed by atoms with E-state index in [1.807, 2.05) is 12.1 Å². The van der Waals surface area contributed by atoms with Crippen LogP contribution in [-0.4, -0.2) is 10.9 Å². The Labute approximate surface area is 132 Å².